The molecule has 0 radical (unpaired) electrons. The molecule has 5 heterocycles. The molecule has 6 aromatic rings. The molecule has 0 unspecified atom stereocenters. The van der Waals surface area contributed by atoms with Crippen LogP contribution in [0.2, 0.25) is 5.02 Å². The normalized spacial score (nSPS) is 26.3. The molecule has 4 aliphatic rings. The molecule has 10 rings (SSSR count). The average molecular weight is 787 g/mol. The topological polar surface area (TPSA) is 113 Å². The summed E-state index contributed by atoms with van der Waals surface area (Å²) in [7, 11) is 1.73. The molecule has 0 spiro atoms. The lowest BCUT2D eigenvalue weighted by molar-refractivity contribution is -0.141. The van der Waals surface area contributed by atoms with Gasteiger partial charge in [-0.25, -0.2) is 4.90 Å². The second-order valence-electron chi connectivity index (χ2n) is 15.4. The summed E-state index contributed by atoms with van der Waals surface area (Å²) in [5, 5.41) is 21.9. The number of aromatic nitrogens is 2. The number of halogens is 1. The quantitative estimate of drug-likeness (QED) is 0.138. The molecule has 276 valence electrons. The largest absolute Gasteiger partial charge is 0.507 e. The van der Waals surface area contributed by atoms with Gasteiger partial charge in [-0.05, 0) is 78.6 Å². The Morgan fingerprint density at radius 3 is 2.56 bits per heavy atom. The van der Waals surface area contributed by atoms with Crippen molar-refractivity contribution < 1.29 is 24.3 Å². The number of fused-ring (bicyclic) bond motifs is 6. The van der Waals surface area contributed by atoms with Crippen molar-refractivity contribution in [2.75, 3.05) is 4.90 Å². The molecular weight excluding hydrogens is 752 g/mol. The third kappa shape index (κ3) is 4.79. The number of imide groups is 2. The molecule has 2 saturated heterocycles. The Kier molecular flexibility index (Phi) is 7.63. The van der Waals surface area contributed by atoms with Crippen LogP contribution in [-0.2, 0) is 32.8 Å². The molecule has 3 aromatic carbocycles. The van der Waals surface area contributed by atoms with Crippen molar-refractivity contribution in [3.05, 3.63) is 111 Å². The number of anilines is 1. The zero-order valence-corrected chi connectivity index (χ0v) is 32.5. The maximum Gasteiger partial charge on any atom is 0.242 e. The lowest BCUT2D eigenvalue weighted by Crippen LogP contribution is -2.48. The fourth-order valence-electron chi connectivity index (χ4n) is 10.1. The van der Waals surface area contributed by atoms with Crippen LogP contribution in [0.1, 0.15) is 41.7 Å². The van der Waals surface area contributed by atoms with Crippen LogP contribution >= 0.6 is 34.3 Å². The van der Waals surface area contributed by atoms with Crippen LogP contribution in [0.3, 0.4) is 0 Å². The summed E-state index contributed by atoms with van der Waals surface area (Å²) < 4.78 is 2.63. The molecule has 2 aliphatic heterocycles. The van der Waals surface area contributed by atoms with Crippen molar-refractivity contribution in [3.63, 3.8) is 0 Å². The van der Waals surface area contributed by atoms with Gasteiger partial charge in [-0.15, -0.1) is 22.7 Å². The van der Waals surface area contributed by atoms with Crippen LogP contribution in [0.15, 0.2) is 89.8 Å². The van der Waals surface area contributed by atoms with Crippen molar-refractivity contribution in [1.29, 1.82) is 0 Å². The Bertz CT molecular complexity index is 2700. The van der Waals surface area contributed by atoms with E-state index >= 15 is 4.79 Å². The molecule has 1 saturated carbocycles. The van der Waals surface area contributed by atoms with E-state index in [-0.39, 0.29) is 42.3 Å². The van der Waals surface area contributed by atoms with Gasteiger partial charge in [0.05, 0.1) is 34.6 Å². The minimum absolute atomic E-state index is 0.0433. The first-order chi connectivity index (χ1) is 26.5. The van der Waals surface area contributed by atoms with Crippen molar-refractivity contribution in [2.24, 2.45) is 36.1 Å². The fraction of sp³-hybridized carbons (Fsp3) is 0.279. The maximum absolute atomic E-state index is 15.2. The highest BCUT2D eigenvalue weighted by molar-refractivity contribution is 7.22. The lowest BCUT2D eigenvalue weighted by atomic mass is 9.51. The lowest BCUT2D eigenvalue weighted by Gasteiger charge is -2.49. The first-order valence-electron chi connectivity index (χ1n) is 18.4. The van der Waals surface area contributed by atoms with Crippen LogP contribution in [0.25, 0.3) is 31.4 Å². The second-order valence-corrected chi connectivity index (χ2v) is 18.0. The third-order valence-corrected chi connectivity index (χ3v) is 15.1. The van der Waals surface area contributed by atoms with Gasteiger partial charge in [0, 0.05) is 44.6 Å². The van der Waals surface area contributed by atoms with E-state index in [1.54, 1.807) is 29.1 Å². The van der Waals surface area contributed by atoms with Gasteiger partial charge in [0.2, 0.25) is 23.6 Å². The van der Waals surface area contributed by atoms with Crippen molar-refractivity contribution >= 4 is 84.6 Å². The van der Waals surface area contributed by atoms with Gasteiger partial charge < -0.3 is 5.11 Å². The molecule has 4 amide bonds. The Labute approximate surface area is 329 Å². The minimum Gasteiger partial charge on any atom is -0.507 e. The highest BCUT2D eigenvalue weighted by Crippen LogP contribution is 2.65. The van der Waals surface area contributed by atoms with Crippen molar-refractivity contribution in [3.8, 4) is 16.3 Å². The molecule has 9 nitrogen and oxygen atoms in total. The average Bonchev–Trinajstić information content (AvgIpc) is 3.98. The number of phenols is 1. The molecule has 12 heteroatoms. The number of hydrogen-bond acceptors (Lipinski definition) is 8. The van der Waals surface area contributed by atoms with Crippen LogP contribution in [-0.4, -0.2) is 43.4 Å². The number of thiophene rings is 2. The van der Waals surface area contributed by atoms with E-state index in [9.17, 15) is 19.5 Å². The van der Waals surface area contributed by atoms with Crippen LogP contribution in [0.5, 0.6) is 5.75 Å². The number of benzene rings is 3. The van der Waals surface area contributed by atoms with Crippen LogP contribution < -0.4 is 4.90 Å². The Balaban J connectivity index is 1.10. The van der Waals surface area contributed by atoms with E-state index in [4.69, 9.17) is 16.7 Å². The molecule has 3 aromatic heterocycles. The number of carbonyl (C=O) groups excluding carboxylic acids is 4. The summed E-state index contributed by atoms with van der Waals surface area (Å²) in [6.45, 7) is 4.06. The molecule has 2 aliphatic carbocycles. The van der Waals surface area contributed by atoms with Crippen molar-refractivity contribution in [1.82, 2.24) is 14.7 Å². The number of aromatic hydroxyl groups is 1. The van der Waals surface area contributed by atoms with Gasteiger partial charge in [0.15, 0.2) is 0 Å². The SMILES string of the molecule is Cc1c(-c2cc(N3C(=O)[C@@H]4C[C@@H]5C(=CC[C@@H]6C(=O)N(Cc7cccs7)C(=O)[C@@H]65)[C@H](c5ccc6ccccc6c5O)[C@]4(C)C3=O)n(C)n2)sc2ccc(Cl)cc12. The Morgan fingerprint density at radius 1 is 0.945 bits per heavy atom. The summed E-state index contributed by atoms with van der Waals surface area (Å²) in [5.41, 5.74) is 1.69. The Hall–Kier alpha value is -5.10. The van der Waals surface area contributed by atoms with Crippen molar-refractivity contribution in [2.45, 2.75) is 39.2 Å². The molecule has 1 N–H and O–H groups in total. The van der Waals surface area contributed by atoms with E-state index in [1.807, 2.05) is 92.0 Å². The summed E-state index contributed by atoms with van der Waals surface area (Å²) in [6, 6.07) is 22.7. The number of rotatable bonds is 5. The Morgan fingerprint density at radius 2 is 1.76 bits per heavy atom. The van der Waals surface area contributed by atoms with Gasteiger partial charge in [0.25, 0.3) is 0 Å². The molecule has 55 heavy (non-hydrogen) atoms. The summed E-state index contributed by atoms with van der Waals surface area (Å²) in [6.07, 6.45) is 2.58. The number of amides is 4. The molecule has 6 atom stereocenters. The predicted octanol–water partition coefficient (Wildman–Crippen LogP) is 8.61. The predicted molar refractivity (Wildman–Crippen MR) is 214 cm³/mol. The van der Waals surface area contributed by atoms with Gasteiger partial charge in [-0.3, -0.25) is 28.8 Å². The monoisotopic (exact) mass is 786 g/mol. The van der Waals surface area contributed by atoms with Crippen LogP contribution in [0.4, 0.5) is 5.82 Å². The second kappa shape index (κ2) is 12.2. The number of carbonyl (C=O) groups is 4. The summed E-state index contributed by atoms with van der Waals surface area (Å²) in [4.78, 5) is 63.0. The number of likely N-dealkylation sites (tertiary alicyclic amines) is 1. The highest BCUT2D eigenvalue weighted by atomic mass is 35.5. The smallest absolute Gasteiger partial charge is 0.242 e. The zero-order valence-electron chi connectivity index (χ0n) is 30.2. The molecular formula is C43H35ClN4O5S2. The van der Waals surface area contributed by atoms with E-state index in [1.165, 1.54) is 21.1 Å². The first-order valence-corrected chi connectivity index (χ1v) is 20.4. The first kappa shape index (κ1) is 34.4. The number of hydrogen-bond donors (Lipinski definition) is 1. The van der Waals surface area contributed by atoms with E-state index in [0.29, 0.717) is 33.9 Å². The number of phenolic OH excluding ortho intramolecular Hbond substituents is 1. The van der Waals surface area contributed by atoms with Gasteiger partial charge >= 0.3 is 0 Å². The summed E-state index contributed by atoms with van der Waals surface area (Å²) >= 11 is 9.40. The highest BCUT2D eigenvalue weighted by Gasteiger charge is 2.68. The fourth-order valence-corrected chi connectivity index (χ4v) is 12.1. The number of allylic oxidation sites excluding steroid dienone is 2. The van der Waals surface area contributed by atoms with Crippen LogP contribution in [0, 0.1) is 36.0 Å². The molecule has 3 fully saturated rings. The molecule has 0 bridgehead atoms. The standard InChI is InChI=1S/C43H35ClN4O5S2/c1-21-29-17-23(44)11-15-33(29)55-38(21)32-19-34(46(3)45-32)48-40(51)31-18-30-26(13-14-27-35(30)41(52)47(39(27)50)20-24-8-6-16-54-24)36(43(31,2)42(48)53)28-12-10-22-7-4-5-9-25(22)37(28)49/h4-13,15-17,19,27,30-31,35-36,49H,14,18,20H2,1-3H3/t27-,30+,31-,35-,36+,43+/m0/s1. The maximum atomic E-state index is 15.2. The number of nitrogens with zero attached hydrogens (tertiary/aromatic N) is 4. The van der Waals surface area contributed by atoms with Gasteiger partial charge in [0.1, 0.15) is 17.3 Å². The third-order valence-electron chi connectivity index (χ3n) is 12.7. The van der Waals surface area contributed by atoms with E-state index in [0.717, 1.165) is 36.4 Å². The zero-order chi connectivity index (χ0) is 38.1. The number of aryl methyl sites for hydroxylation is 2. The van der Waals surface area contributed by atoms with E-state index in [2.05, 4.69) is 0 Å². The summed E-state index contributed by atoms with van der Waals surface area (Å²) in [5.74, 6) is -4.09. The van der Waals surface area contributed by atoms with Gasteiger partial charge in [-0.1, -0.05) is 65.7 Å². The minimum atomic E-state index is -1.32. The van der Waals surface area contributed by atoms with Gasteiger partial charge in [-0.2, -0.15) is 5.10 Å². The van der Waals surface area contributed by atoms with E-state index < -0.39 is 35.0 Å².